The molecular weight excluding hydrogens is 157 g/mol. The van der Waals surface area contributed by atoms with Crippen molar-refractivity contribution < 1.29 is 0 Å². The van der Waals surface area contributed by atoms with Crippen molar-refractivity contribution in [3.05, 3.63) is 30.1 Å². The molecule has 0 aliphatic carbocycles. The average Bonchev–Trinajstić information content (AvgIpc) is 2.19. The molecule has 1 aromatic rings. The first-order valence-corrected chi connectivity index (χ1v) is 5.01. The van der Waals surface area contributed by atoms with Crippen molar-refractivity contribution in [1.29, 1.82) is 0 Å². The molecule has 68 valence electrons. The summed E-state index contributed by atoms with van der Waals surface area (Å²) >= 11 is 0. The third-order valence-corrected chi connectivity index (χ3v) is 2.19. The van der Waals surface area contributed by atoms with Crippen LogP contribution in [0.3, 0.4) is 0 Å². The number of rotatable bonds is 5. The number of hydrogen-bond acceptors (Lipinski definition) is 1. The van der Waals surface area contributed by atoms with Gasteiger partial charge in [-0.1, -0.05) is 38.7 Å². The number of aromatic nitrogens is 1. The van der Waals surface area contributed by atoms with Crippen LogP contribution < -0.4 is 0 Å². The van der Waals surface area contributed by atoms with Gasteiger partial charge in [-0.25, -0.2) is 0 Å². The van der Waals surface area contributed by atoms with Crippen LogP contribution in [0.15, 0.2) is 24.4 Å². The summed E-state index contributed by atoms with van der Waals surface area (Å²) < 4.78 is 0. The third kappa shape index (κ3) is 3.62. The van der Waals surface area contributed by atoms with E-state index < -0.39 is 0 Å². The normalized spacial score (nSPS) is 12.7. The largest absolute Gasteiger partial charge is 0.262 e. The van der Waals surface area contributed by atoms with Crippen molar-refractivity contribution >= 4 is 7.85 Å². The number of unbranched alkanes of at least 4 members (excludes halogenated alkanes) is 2. The molecule has 0 aliphatic heterocycles. The summed E-state index contributed by atoms with van der Waals surface area (Å²) in [5, 5.41) is 0. The van der Waals surface area contributed by atoms with Crippen LogP contribution in [0.2, 0.25) is 0 Å². The molecule has 0 N–H and O–H groups in total. The van der Waals surface area contributed by atoms with Crippen LogP contribution in [0.4, 0.5) is 0 Å². The van der Waals surface area contributed by atoms with E-state index in [-0.39, 0.29) is 5.82 Å². The van der Waals surface area contributed by atoms with E-state index in [1.54, 1.807) is 6.20 Å². The molecule has 0 aliphatic rings. The minimum Gasteiger partial charge on any atom is -0.262 e. The van der Waals surface area contributed by atoms with Crippen molar-refractivity contribution in [1.82, 2.24) is 4.98 Å². The summed E-state index contributed by atoms with van der Waals surface area (Å²) in [5.41, 5.74) is 1.01. The van der Waals surface area contributed by atoms with Crippen LogP contribution in [0.1, 0.15) is 44.1 Å². The maximum absolute atomic E-state index is 5.97. The van der Waals surface area contributed by atoms with Crippen molar-refractivity contribution in [2.24, 2.45) is 0 Å². The van der Waals surface area contributed by atoms with E-state index in [4.69, 9.17) is 7.85 Å². The molecule has 0 spiro atoms. The Morgan fingerprint density at radius 2 is 2.23 bits per heavy atom. The average molecular weight is 173 g/mol. The highest BCUT2D eigenvalue weighted by molar-refractivity contribution is 6.12. The summed E-state index contributed by atoms with van der Waals surface area (Å²) in [6, 6.07) is 5.90. The van der Waals surface area contributed by atoms with E-state index in [1.807, 2.05) is 18.2 Å². The Balaban J connectivity index is 2.35. The van der Waals surface area contributed by atoms with Gasteiger partial charge in [-0.05, 0) is 17.9 Å². The third-order valence-electron chi connectivity index (χ3n) is 2.19. The van der Waals surface area contributed by atoms with Crippen molar-refractivity contribution in [3.63, 3.8) is 0 Å². The van der Waals surface area contributed by atoms with E-state index in [9.17, 15) is 0 Å². The second-order valence-electron chi connectivity index (χ2n) is 3.36. The molecule has 0 fully saturated rings. The van der Waals surface area contributed by atoms with Crippen molar-refractivity contribution in [3.8, 4) is 0 Å². The standard InChI is InChI=1S/C11H16BN/c1-2-3-4-7-10(12)11-8-5-6-9-13-11/h5-6,8-10H,2-4,7H2,1H3. The maximum atomic E-state index is 5.97. The first-order valence-electron chi connectivity index (χ1n) is 5.01. The van der Waals surface area contributed by atoms with Gasteiger partial charge < -0.3 is 0 Å². The molecule has 0 amide bonds. The Bertz CT molecular complexity index is 223. The SMILES string of the molecule is [B]C(CCCCC)c1ccccn1. The van der Waals surface area contributed by atoms with E-state index in [0.29, 0.717) is 0 Å². The first kappa shape index (κ1) is 10.3. The first-order chi connectivity index (χ1) is 6.34. The molecule has 1 nitrogen and oxygen atoms in total. The summed E-state index contributed by atoms with van der Waals surface area (Å²) in [7, 11) is 5.97. The highest BCUT2D eigenvalue weighted by Gasteiger charge is 2.04. The molecule has 0 saturated heterocycles. The molecule has 0 aromatic carbocycles. The predicted molar refractivity (Wildman–Crippen MR) is 56.9 cm³/mol. The van der Waals surface area contributed by atoms with E-state index in [2.05, 4.69) is 11.9 Å². The topological polar surface area (TPSA) is 12.9 Å². The summed E-state index contributed by atoms with van der Waals surface area (Å²) in [5.74, 6) is 0.118. The van der Waals surface area contributed by atoms with Crippen LogP contribution >= 0.6 is 0 Å². The molecule has 13 heavy (non-hydrogen) atoms. The van der Waals surface area contributed by atoms with Gasteiger partial charge in [0, 0.05) is 11.9 Å². The number of nitrogens with zero attached hydrogens (tertiary/aromatic N) is 1. The molecular formula is C11H16BN. The minimum absolute atomic E-state index is 0.118. The lowest BCUT2D eigenvalue weighted by atomic mass is 9.80. The highest BCUT2D eigenvalue weighted by atomic mass is 14.7. The summed E-state index contributed by atoms with van der Waals surface area (Å²) in [6.07, 6.45) is 6.56. The van der Waals surface area contributed by atoms with Gasteiger partial charge in [-0.2, -0.15) is 0 Å². The van der Waals surface area contributed by atoms with Gasteiger partial charge >= 0.3 is 0 Å². The molecule has 1 aromatic heterocycles. The Morgan fingerprint density at radius 1 is 1.38 bits per heavy atom. The molecule has 1 unspecified atom stereocenters. The fourth-order valence-corrected chi connectivity index (χ4v) is 1.36. The van der Waals surface area contributed by atoms with Crippen LogP contribution in [-0.2, 0) is 0 Å². The van der Waals surface area contributed by atoms with Crippen LogP contribution in [0.25, 0.3) is 0 Å². The van der Waals surface area contributed by atoms with Gasteiger partial charge in [-0.15, -0.1) is 0 Å². The van der Waals surface area contributed by atoms with Gasteiger partial charge in [0.2, 0.25) is 0 Å². The lowest BCUT2D eigenvalue weighted by Gasteiger charge is -2.09. The molecule has 1 rings (SSSR count). The minimum atomic E-state index is 0.118. The highest BCUT2D eigenvalue weighted by Crippen LogP contribution is 2.16. The Labute approximate surface area is 82.0 Å². The second-order valence-corrected chi connectivity index (χ2v) is 3.36. The zero-order chi connectivity index (χ0) is 9.52. The summed E-state index contributed by atoms with van der Waals surface area (Å²) in [4.78, 5) is 4.23. The molecule has 2 radical (unpaired) electrons. The molecule has 1 atom stereocenters. The Hall–Kier alpha value is -0.785. The van der Waals surface area contributed by atoms with Gasteiger partial charge in [0.25, 0.3) is 0 Å². The quantitative estimate of drug-likeness (QED) is 0.492. The predicted octanol–water partition coefficient (Wildman–Crippen LogP) is 2.87. The summed E-state index contributed by atoms with van der Waals surface area (Å²) in [6.45, 7) is 2.20. The second kappa shape index (κ2) is 5.79. The molecule has 0 bridgehead atoms. The Morgan fingerprint density at radius 3 is 2.85 bits per heavy atom. The fraction of sp³-hybridized carbons (Fsp3) is 0.545. The molecule has 2 heteroatoms. The number of hydrogen-bond donors (Lipinski definition) is 0. The van der Waals surface area contributed by atoms with Crippen LogP contribution in [0, 0.1) is 0 Å². The fourth-order valence-electron chi connectivity index (χ4n) is 1.36. The van der Waals surface area contributed by atoms with Gasteiger partial charge in [0.1, 0.15) is 0 Å². The van der Waals surface area contributed by atoms with Crippen molar-refractivity contribution in [2.75, 3.05) is 0 Å². The smallest absolute Gasteiger partial charge is 0.0785 e. The van der Waals surface area contributed by atoms with Gasteiger partial charge in [-0.3, -0.25) is 4.98 Å². The van der Waals surface area contributed by atoms with E-state index in [0.717, 1.165) is 12.1 Å². The van der Waals surface area contributed by atoms with Crippen LogP contribution in [-0.4, -0.2) is 12.8 Å². The zero-order valence-corrected chi connectivity index (χ0v) is 8.24. The zero-order valence-electron chi connectivity index (χ0n) is 8.24. The monoisotopic (exact) mass is 173 g/mol. The van der Waals surface area contributed by atoms with Gasteiger partial charge in [0.15, 0.2) is 0 Å². The lowest BCUT2D eigenvalue weighted by molar-refractivity contribution is 0.648. The van der Waals surface area contributed by atoms with Gasteiger partial charge in [0.05, 0.1) is 7.85 Å². The molecule has 1 heterocycles. The number of pyridine rings is 1. The van der Waals surface area contributed by atoms with Crippen LogP contribution in [0.5, 0.6) is 0 Å². The maximum Gasteiger partial charge on any atom is 0.0785 e. The van der Waals surface area contributed by atoms with E-state index >= 15 is 0 Å². The lowest BCUT2D eigenvalue weighted by Crippen LogP contribution is -2.00. The van der Waals surface area contributed by atoms with E-state index in [1.165, 1.54) is 19.3 Å². The van der Waals surface area contributed by atoms with Crippen molar-refractivity contribution in [2.45, 2.75) is 38.4 Å². The molecule has 0 saturated carbocycles. The Kier molecular flexibility index (Phi) is 4.59.